The van der Waals surface area contributed by atoms with Gasteiger partial charge in [-0.3, -0.25) is 0 Å². The third-order valence-electron chi connectivity index (χ3n) is 2.74. The van der Waals surface area contributed by atoms with Crippen LogP contribution in [0.15, 0.2) is 46.9 Å². The molecule has 0 spiro atoms. The first kappa shape index (κ1) is 13.1. The van der Waals surface area contributed by atoms with E-state index in [9.17, 15) is 10.2 Å². The molecule has 2 aromatic carbocycles. The number of nitrogens with zero attached hydrogens (tertiary/aromatic N) is 2. The minimum atomic E-state index is -0.0140. The van der Waals surface area contributed by atoms with E-state index in [0.29, 0.717) is 10.6 Å². The first-order valence-corrected chi connectivity index (χ1v) is 7.37. The maximum Gasteiger partial charge on any atom is 0.151 e. The maximum atomic E-state index is 9.85. The second kappa shape index (κ2) is 5.22. The van der Waals surface area contributed by atoms with E-state index < -0.39 is 0 Å². The summed E-state index contributed by atoms with van der Waals surface area (Å²) in [4.78, 5) is 0. The monoisotopic (exact) mass is 348 g/mol. The Balaban J connectivity index is 2.04. The van der Waals surface area contributed by atoms with Gasteiger partial charge in [0.1, 0.15) is 16.5 Å². The SMILES string of the molecule is Oc1ccc(-c2nnc(-c3ccccc3Br)s2)c(O)c1. The van der Waals surface area contributed by atoms with Gasteiger partial charge >= 0.3 is 0 Å². The first-order chi connectivity index (χ1) is 9.65. The van der Waals surface area contributed by atoms with Crippen LogP contribution in [0.2, 0.25) is 0 Å². The number of aromatic nitrogens is 2. The molecule has 0 saturated heterocycles. The van der Waals surface area contributed by atoms with Crippen LogP contribution in [0.25, 0.3) is 21.1 Å². The Morgan fingerprint density at radius 1 is 0.900 bits per heavy atom. The summed E-state index contributed by atoms with van der Waals surface area (Å²) >= 11 is 4.86. The highest BCUT2D eigenvalue weighted by Crippen LogP contribution is 2.37. The lowest BCUT2D eigenvalue weighted by atomic mass is 10.2. The van der Waals surface area contributed by atoms with Gasteiger partial charge in [-0.2, -0.15) is 0 Å². The summed E-state index contributed by atoms with van der Waals surface area (Å²) in [7, 11) is 0. The molecule has 20 heavy (non-hydrogen) atoms. The molecule has 3 rings (SSSR count). The van der Waals surface area contributed by atoms with Gasteiger partial charge in [0.2, 0.25) is 0 Å². The van der Waals surface area contributed by atoms with Gasteiger partial charge in [-0.15, -0.1) is 10.2 Å². The second-order valence-electron chi connectivity index (χ2n) is 4.09. The van der Waals surface area contributed by atoms with E-state index in [0.717, 1.165) is 15.0 Å². The predicted octanol–water partition coefficient (Wildman–Crippen LogP) is 4.05. The Morgan fingerprint density at radius 3 is 2.30 bits per heavy atom. The molecular weight excluding hydrogens is 340 g/mol. The van der Waals surface area contributed by atoms with Crippen molar-refractivity contribution in [1.82, 2.24) is 10.2 Å². The fourth-order valence-electron chi connectivity index (χ4n) is 1.78. The normalized spacial score (nSPS) is 10.7. The van der Waals surface area contributed by atoms with Gasteiger partial charge in [0, 0.05) is 16.1 Å². The number of hydrogen-bond donors (Lipinski definition) is 2. The highest BCUT2D eigenvalue weighted by atomic mass is 79.9. The van der Waals surface area contributed by atoms with Crippen molar-refractivity contribution in [1.29, 1.82) is 0 Å². The van der Waals surface area contributed by atoms with Gasteiger partial charge in [0.25, 0.3) is 0 Å². The zero-order chi connectivity index (χ0) is 14.1. The van der Waals surface area contributed by atoms with Crippen LogP contribution in [0.5, 0.6) is 11.5 Å². The van der Waals surface area contributed by atoms with E-state index in [2.05, 4.69) is 26.1 Å². The Morgan fingerprint density at radius 2 is 1.60 bits per heavy atom. The molecule has 0 amide bonds. The van der Waals surface area contributed by atoms with Gasteiger partial charge in [0.05, 0.1) is 5.56 Å². The quantitative estimate of drug-likeness (QED) is 0.733. The molecule has 0 saturated carbocycles. The number of hydrogen-bond acceptors (Lipinski definition) is 5. The van der Waals surface area contributed by atoms with Crippen molar-refractivity contribution in [3.8, 4) is 32.6 Å². The van der Waals surface area contributed by atoms with Gasteiger partial charge in [-0.25, -0.2) is 0 Å². The average Bonchev–Trinajstić information content (AvgIpc) is 2.88. The van der Waals surface area contributed by atoms with E-state index in [1.807, 2.05) is 24.3 Å². The van der Waals surface area contributed by atoms with Gasteiger partial charge in [-0.05, 0) is 18.2 Å². The molecule has 0 atom stereocenters. The molecule has 4 nitrogen and oxygen atoms in total. The molecule has 2 N–H and O–H groups in total. The zero-order valence-electron chi connectivity index (χ0n) is 10.1. The molecule has 0 unspecified atom stereocenters. The number of phenols is 2. The smallest absolute Gasteiger partial charge is 0.151 e. The van der Waals surface area contributed by atoms with Crippen LogP contribution < -0.4 is 0 Å². The van der Waals surface area contributed by atoms with Crippen molar-refractivity contribution < 1.29 is 10.2 Å². The molecule has 0 bridgehead atoms. The van der Waals surface area contributed by atoms with Crippen molar-refractivity contribution in [3.63, 3.8) is 0 Å². The van der Waals surface area contributed by atoms with Crippen molar-refractivity contribution in [2.75, 3.05) is 0 Å². The molecule has 0 aliphatic rings. The number of phenolic OH excluding ortho intramolecular Hbond substituents is 2. The van der Waals surface area contributed by atoms with E-state index >= 15 is 0 Å². The second-order valence-corrected chi connectivity index (χ2v) is 5.93. The van der Waals surface area contributed by atoms with Crippen LogP contribution in [0.4, 0.5) is 0 Å². The topological polar surface area (TPSA) is 66.2 Å². The van der Waals surface area contributed by atoms with Gasteiger partial charge < -0.3 is 10.2 Å². The molecule has 0 aliphatic heterocycles. The molecule has 0 radical (unpaired) electrons. The minimum absolute atomic E-state index is 0.0140. The summed E-state index contributed by atoms with van der Waals surface area (Å²) in [5.41, 5.74) is 1.51. The Hall–Kier alpha value is -1.92. The molecule has 3 aromatic rings. The number of rotatable bonds is 2. The van der Waals surface area contributed by atoms with E-state index in [1.54, 1.807) is 6.07 Å². The molecule has 1 aromatic heterocycles. The van der Waals surface area contributed by atoms with Crippen molar-refractivity contribution in [2.24, 2.45) is 0 Å². The van der Waals surface area contributed by atoms with Crippen molar-refractivity contribution in [2.45, 2.75) is 0 Å². The van der Waals surface area contributed by atoms with Crippen LogP contribution >= 0.6 is 27.3 Å². The van der Waals surface area contributed by atoms with Gasteiger partial charge in [-0.1, -0.05) is 45.5 Å². The summed E-state index contributed by atoms with van der Waals surface area (Å²) in [6.45, 7) is 0. The Labute approximate surface area is 127 Å². The largest absolute Gasteiger partial charge is 0.508 e. The van der Waals surface area contributed by atoms with Crippen molar-refractivity contribution >= 4 is 27.3 Å². The van der Waals surface area contributed by atoms with Crippen LogP contribution in [0, 0.1) is 0 Å². The average molecular weight is 349 g/mol. The molecule has 0 aliphatic carbocycles. The standard InChI is InChI=1S/C14H9BrN2O2S/c15-11-4-2-1-3-9(11)13-16-17-14(20-13)10-6-5-8(18)7-12(10)19/h1-7,18-19H. The van der Waals surface area contributed by atoms with E-state index in [4.69, 9.17) is 0 Å². The fraction of sp³-hybridized carbons (Fsp3) is 0. The lowest BCUT2D eigenvalue weighted by molar-refractivity contribution is 0.452. The zero-order valence-corrected chi connectivity index (χ0v) is 12.5. The predicted molar refractivity (Wildman–Crippen MR) is 81.8 cm³/mol. The molecule has 0 fully saturated rings. The number of aromatic hydroxyl groups is 2. The molecule has 100 valence electrons. The summed E-state index contributed by atoms with van der Waals surface area (Å²) < 4.78 is 0.942. The van der Waals surface area contributed by atoms with E-state index in [-0.39, 0.29) is 11.5 Å². The molecular formula is C14H9BrN2O2S. The fourth-order valence-corrected chi connectivity index (χ4v) is 3.30. The van der Waals surface area contributed by atoms with E-state index in [1.165, 1.54) is 23.5 Å². The van der Waals surface area contributed by atoms with Crippen LogP contribution in [0.1, 0.15) is 0 Å². The summed E-state index contributed by atoms with van der Waals surface area (Å²) in [6.07, 6.45) is 0. The highest BCUT2D eigenvalue weighted by Gasteiger charge is 2.13. The van der Waals surface area contributed by atoms with Gasteiger partial charge in [0.15, 0.2) is 5.01 Å². The first-order valence-electron chi connectivity index (χ1n) is 5.76. The lowest BCUT2D eigenvalue weighted by Gasteiger charge is -2.00. The third-order valence-corrected chi connectivity index (χ3v) is 4.42. The summed E-state index contributed by atoms with van der Waals surface area (Å²) in [5.74, 6) is 0.00150. The summed E-state index contributed by atoms with van der Waals surface area (Å²) in [6, 6.07) is 12.2. The summed E-state index contributed by atoms with van der Waals surface area (Å²) in [5, 5.41) is 28.8. The third kappa shape index (κ3) is 2.39. The van der Waals surface area contributed by atoms with Crippen LogP contribution in [-0.2, 0) is 0 Å². The number of benzene rings is 2. The van der Waals surface area contributed by atoms with Crippen LogP contribution in [0.3, 0.4) is 0 Å². The molecule has 1 heterocycles. The lowest BCUT2D eigenvalue weighted by Crippen LogP contribution is -1.79. The number of halogens is 1. The Bertz CT molecular complexity index is 773. The highest BCUT2D eigenvalue weighted by molar-refractivity contribution is 9.10. The molecule has 6 heteroatoms. The van der Waals surface area contributed by atoms with Crippen molar-refractivity contribution in [3.05, 3.63) is 46.9 Å². The maximum absolute atomic E-state index is 9.85. The minimum Gasteiger partial charge on any atom is -0.508 e. The van der Waals surface area contributed by atoms with Crippen LogP contribution in [-0.4, -0.2) is 20.4 Å². The Kier molecular flexibility index (Phi) is 3.42.